The Morgan fingerprint density at radius 1 is 0.900 bits per heavy atom. The van der Waals surface area contributed by atoms with Gasteiger partial charge in [0.2, 0.25) is 0 Å². The third-order valence-electron chi connectivity index (χ3n) is 4.15. The van der Waals surface area contributed by atoms with Crippen LogP contribution in [0.4, 0.5) is 0 Å². The van der Waals surface area contributed by atoms with E-state index in [9.17, 15) is 0 Å². The van der Waals surface area contributed by atoms with Crippen LogP contribution >= 0.6 is 0 Å². The van der Waals surface area contributed by atoms with E-state index in [-0.39, 0.29) is 11.2 Å². The van der Waals surface area contributed by atoms with Crippen LogP contribution in [0.25, 0.3) is 0 Å². The van der Waals surface area contributed by atoms with Crippen LogP contribution in [0.15, 0.2) is 0 Å². The Kier molecular flexibility index (Phi) is 7.76. The maximum Gasteiger partial charge on any atom is 0.0652 e. The van der Waals surface area contributed by atoms with Crippen LogP contribution in [0.2, 0.25) is 0 Å². The minimum absolute atomic E-state index is 0.0635. The molecule has 0 aliphatic carbocycles. The predicted octanol–water partition coefficient (Wildman–Crippen LogP) is 5.59. The highest BCUT2D eigenvalue weighted by atomic mass is 16.5. The Morgan fingerprint density at radius 2 is 1.45 bits per heavy atom. The van der Waals surface area contributed by atoms with Gasteiger partial charge in [0, 0.05) is 0 Å². The normalized spacial score (nSPS) is 15.4. The lowest BCUT2D eigenvalue weighted by molar-refractivity contribution is -0.104. The van der Waals surface area contributed by atoms with Gasteiger partial charge in [-0.05, 0) is 59.3 Å². The molecule has 0 radical (unpaired) electrons. The zero-order valence-electron chi connectivity index (χ0n) is 15.4. The van der Waals surface area contributed by atoms with Crippen molar-refractivity contribution in [1.82, 2.24) is 0 Å². The molecule has 0 aromatic heterocycles. The number of rotatable bonds is 10. The minimum atomic E-state index is -0.105. The van der Waals surface area contributed by atoms with Gasteiger partial charge in [-0.25, -0.2) is 0 Å². The van der Waals surface area contributed by atoms with Crippen LogP contribution in [0.5, 0.6) is 0 Å². The summed E-state index contributed by atoms with van der Waals surface area (Å²) in [5.41, 5.74) is 0.171. The molecule has 0 N–H and O–H groups in total. The first-order valence-corrected chi connectivity index (χ1v) is 8.25. The molecule has 0 saturated carbocycles. The van der Waals surface area contributed by atoms with Crippen LogP contribution in [-0.4, -0.2) is 23.9 Å². The molecular weight excluding hydrogens is 248 g/mol. The van der Waals surface area contributed by atoms with Gasteiger partial charge in [-0.2, -0.15) is 0 Å². The van der Waals surface area contributed by atoms with E-state index in [0.717, 1.165) is 25.9 Å². The molecule has 1 atom stereocenters. The monoisotopic (exact) mass is 286 g/mol. The van der Waals surface area contributed by atoms with Crippen LogP contribution in [0.3, 0.4) is 0 Å². The topological polar surface area (TPSA) is 18.5 Å². The van der Waals surface area contributed by atoms with Crippen molar-refractivity contribution in [2.24, 2.45) is 5.41 Å². The summed E-state index contributed by atoms with van der Waals surface area (Å²) in [7, 11) is 0. The summed E-state index contributed by atoms with van der Waals surface area (Å²) in [5.74, 6) is 0. The number of hydrogen-bond donors (Lipinski definition) is 0. The van der Waals surface area contributed by atoms with Crippen molar-refractivity contribution in [3.8, 4) is 0 Å². The van der Waals surface area contributed by atoms with Crippen LogP contribution < -0.4 is 0 Å². The highest BCUT2D eigenvalue weighted by Gasteiger charge is 2.29. The number of hydrogen-bond acceptors (Lipinski definition) is 2. The van der Waals surface area contributed by atoms with Gasteiger partial charge in [-0.3, -0.25) is 0 Å². The van der Waals surface area contributed by atoms with E-state index < -0.39 is 0 Å². The summed E-state index contributed by atoms with van der Waals surface area (Å²) < 4.78 is 12.2. The molecule has 0 saturated heterocycles. The van der Waals surface area contributed by atoms with E-state index in [1.165, 1.54) is 6.42 Å². The molecule has 0 aliphatic rings. The lowest BCUT2D eigenvalue weighted by atomic mass is 9.80. The first-order valence-electron chi connectivity index (χ1n) is 8.25. The van der Waals surface area contributed by atoms with E-state index in [1.54, 1.807) is 0 Å². The summed E-state index contributed by atoms with van der Waals surface area (Å²) in [6.07, 6.45) is 4.58. The second-order valence-corrected chi connectivity index (χ2v) is 8.15. The molecule has 0 spiro atoms. The molecule has 20 heavy (non-hydrogen) atoms. The van der Waals surface area contributed by atoms with Gasteiger partial charge in [0.15, 0.2) is 0 Å². The third-order valence-corrected chi connectivity index (χ3v) is 4.15. The van der Waals surface area contributed by atoms with E-state index in [2.05, 4.69) is 62.3 Å². The van der Waals surface area contributed by atoms with Gasteiger partial charge < -0.3 is 9.47 Å². The highest BCUT2D eigenvalue weighted by molar-refractivity contribution is 4.80. The van der Waals surface area contributed by atoms with E-state index in [0.29, 0.717) is 11.5 Å². The Morgan fingerprint density at radius 3 is 1.90 bits per heavy atom. The molecule has 0 heterocycles. The summed E-state index contributed by atoms with van der Waals surface area (Å²) in [6, 6.07) is 0. The Hall–Kier alpha value is -0.0800. The van der Waals surface area contributed by atoms with Gasteiger partial charge >= 0.3 is 0 Å². The summed E-state index contributed by atoms with van der Waals surface area (Å²) in [6.45, 7) is 20.7. The molecule has 1 unspecified atom stereocenters. The highest BCUT2D eigenvalue weighted by Crippen LogP contribution is 2.33. The molecule has 0 bridgehead atoms. The summed E-state index contributed by atoms with van der Waals surface area (Å²) in [5, 5.41) is 0. The van der Waals surface area contributed by atoms with Gasteiger partial charge in [0.1, 0.15) is 0 Å². The van der Waals surface area contributed by atoms with Crippen LogP contribution in [0, 0.1) is 5.41 Å². The van der Waals surface area contributed by atoms with Crippen LogP contribution in [-0.2, 0) is 9.47 Å². The van der Waals surface area contributed by atoms with Crippen molar-refractivity contribution < 1.29 is 9.47 Å². The molecule has 0 aromatic carbocycles. The fourth-order valence-corrected chi connectivity index (χ4v) is 2.59. The SMILES string of the molecule is CCC(C)OC(C)(C)CCOC(C)(C)CC(C)(C)CC. The molecule has 0 aliphatic heterocycles. The minimum Gasteiger partial charge on any atom is -0.375 e. The maximum absolute atomic E-state index is 6.14. The first-order chi connectivity index (χ1) is 8.93. The Labute approximate surface area is 127 Å². The standard InChI is InChI=1S/C18H38O2/c1-10-15(3)20-17(6,7)12-13-19-18(8,9)14-16(4,5)11-2/h15H,10-14H2,1-9H3. The molecule has 0 rings (SSSR count). The van der Waals surface area contributed by atoms with Crippen LogP contribution in [0.1, 0.15) is 88.0 Å². The van der Waals surface area contributed by atoms with Crippen molar-refractivity contribution in [2.75, 3.05) is 6.61 Å². The molecule has 2 nitrogen and oxygen atoms in total. The van der Waals surface area contributed by atoms with Gasteiger partial charge in [0.05, 0.1) is 23.9 Å². The summed E-state index contributed by atoms with van der Waals surface area (Å²) >= 11 is 0. The van der Waals surface area contributed by atoms with Gasteiger partial charge in [-0.1, -0.05) is 34.1 Å². The van der Waals surface area contributed by atoms with Gasteiger partial charge in [-0.15, -0.1) is 0 Å². The second-order valence-electron chi connectivity index (χ2n) is 8.15. The smallest absolute Gasteiger partial charge is 0.0652 e. The molecule has 2 heteroatoms. The van der Waals surface area contributed by atoms with E-state index in [4.69, 9.17) is 9.47 Å². The van der Waals surface area contributed by atoms with Gasteiger partial charge in [0.25, 0.3) is 0 Å². The molecule has 122 valence electrons. The lowest BCUT2D eigenvalue weighted by Gasteiger charge is -2.36. The zero-order chi connectivity index (χ0) is 16.0. The zero-order valence-corrected chi connectivity index (χ0v) is 15.4. The Bertz CT molecular complexity index is 267. The number of ether oxygens (including phenoxy) is 2. The van der Waals surface area contributed by atoms with Crippen molar-refractivity contribution in [3.63, 3.8) is 0 Å². The van der Waals surface area contributed by atoms with Crippen molar-refractivity contribution in [1.29, 1.82) is 0 Å². The molecule has 0 amide bonds. The quantitative estimate of drug-likeness (QED) is 0.521. The predicted molar refractivity (Wildman–Crippen MR) is 88.3 cm³/mol. The fraction of sp³-hybridized carbons (Fsp3) is 1.00. The van der Waals surface area contributed by atoms with Crippen molar-refractivity contribution in [2.45, 2.75) is 105 Å². The largest absolute Gasteiger partial charge is 0.375 e. The first kappa shape index (κ1) is 19.9. The third kappa shape index (κ3) is 8.97. The Balaban J connectivity index is 4.21. The average Bonchev–Trinajstić information content (AvgIpc) is 2.26. The summed E-state index contributed by atoms with van der Waals surface area (Å²) in [4.78, 5) is 0. The van der Waals surface area contributed by atoms with Crippen molar-refractivity contribution >= 4 is 0 Å². The average molecular weight is 286 g/mol. The lowest BCUT2D eigenvalue weighted by Crippen LogP contribution is -2.35. The fourth-order valence-electron chi connectivity index (χ4n) is 2.59. The maximum atomic E-state index is 6.14. The second kappa shape index (κ2) is 7.79. The van der Waals surface area contributed by atoms with Crippen molar-refractivity contribution in [3.05, 3.63) is 0 Å². The molecular formula is C18H38O2. The molecule has 0 aromatic rings. The molecule has 0 fully saturated rings. The van der Waals surface area contributed by atoms with E-state index >= 15 is 0 Å². The van der Waals surface area contributed by atoms with E-state index in [1.807, 2.05) is 0 Å².